The normalized spacial score (nSPS) is 40.0. The van der Waals surface area contributed by atoms with Gasteiger partial charge < -0.3 is 15.1 Å². The monoisotopic (exact) mass is 251 g/mol. The van der Waals surface area contributed by atoms with Gasteiger partial charge in [0, 0.05) is 19.1 Å². The zero-order valence-corrected chi connectivity index (χ0v) is 12.1. The molecule has 3 saturated heterocycles. The highest BCUT2D eigenvalue weighted by Gasteiger charge is 2.36. The summed E-state index contributed by atoms with van der Waals surface area (Å²) in [6.45, 7) is 10.3. The van der Waals surface area contributed by atoms with Gasteiger partial charge in [0.1, 0.15) is 0 Å². The minimum absolute atomic E-state index is 0.544. The van der Waals surface area contributed by atoms with Gasteiger partial charge in [-0.2, -0.15) is 0 Å². The van der Waals surface area contributed by atoms with E-state index in [2.05, 4.69) is 29.1 Å². The number of hydrogen-bond acceptors (Lipinski definition) is 3. The second-order valence-corrected chi connectivity index (χ2v) is 7.24. The van der Waals surface area contributed by atoms with E-state index in [-0.39, 0.29) is 0 Å². The molecule has 0 aromatic carbocycles. The Labute approximate surface area is 112 Å². The molecule has 2 bridgehead atoms. The molecule has 18 heavy (non-hydrogen) atoms. The van der Waals surface area contributed by atoms with E-state index in [0.717, 1.165) is 12.0 Å². The van der Waals surface area contributed by atoms with Crippen LogP contribution in [0.2, 0.25) is 0 Å². The number of nitrogens with zero attached hydrogens (tertiary/aromatic N) is 2. The lowest BCUT2D eigenvalue weighted by Crippen LogP contribution is -2.49. The summed E-state index contributed by atoms with van der Waals surface area (Å²) in [5.41, 5.74) is 0.544. The van der Waals surface area contributed by atoms with Crippen molar-refractivity contribution in [3.8, 4) is 0 Å². The molecule has 0 amide bonds. The molecule has 3 rings (SSSR count). The van der Waals surface area contributed by atoms with Crippen molar-refractivity contribution in [3.05, 3.63) is 0 Å². The highest BCUT2D eigenvalue weighted by atomic mass is 15.2. The second-order valence-electron chi connectivity index (χ2n) is 7.24. The summed E-state index contributed by atoms with van der Waals surface area (Å²) >= 11 is 0. The van der Waals surface area contributed by atoms with Crippen molar-refractivity contribution in [1.29, 1.82) is 0 Å². The maximum atomic E-state index is 3.93. The molecule has 0 spiro atoms. The molecule has 0 saturated carbocycles. The average Bonchev–Trinajstić information content (AvgIpc) is 2.75. The van der Waals surface area contributed by atoms with E-state index in [1.54, 1.807) is 0 Å². The fraction of sp³-hybridized carbons (Fsp3) is 1.00. The summed E-state index contributed by atoms with van der Waals surface area (Å²) in [4.78, 5) is 5.11. The van der Waals surface area contributed by atoms with Crippen LogP contribution in [0.5, 0.6) is 0 Å². The van der Waals surface area contributed by atoms with Gasteiger partial charge in [-0.15, -0.1) is 0 Å². The van der Waals surface area contributed by atoms with Gasteiger partial charge in [0.15, 0.2) is 0 Å². The van der Waals surface area contributed by atoms with Gasteiger partial charge in [0.25, 0.3) is 0 Å². The van der Waals surface area contributed by atoms with Crippen LogP contribution in [-0.4, -0.2) is 62.2 Å². The fourth-order valence-electron chi connectivity index (χ4n) is 3.93. The largest absolute Gasteiger partial charge is 0.313 e. The van der Waals surface area contributed by atoms with Crippen molar-refractivity contribution < 1.29 is 0 Å². The summed E-state index contributed by atoms with van der Waals surface area (Å²) in [6, 6.07) is 0.806. The molecule has 104 valence electrons. The number of fused-ring (bicyclic) bond motifs is 2. The second kappa shape index (κ2) is 5.10. The highest BCUT2D eigenvalue weighted by molar-refractivity contribution is 4.92. The van der Waals surface area contributed by atoms with E-state index in [4.69, 9.17) is 0 Å². The van der Waals surface area contributed by atoms with Crippen molar-refractivity contribution in [2.45, 2.75) is 38.6 Å². The van der Waals surface area contributed by atoms with E-state index in [1.165, 1.54) is 65.0 Å². The summed E-state index contributed by atoms with van der Waals surface area (Å²) in [7, 11) is 2.25. The standard InChI is InChI=1S/C15H29N3/c1-15(5-9-17(2)10-6-15)12-16-14-4-8-18-7-3-13(14)11-18/h13-14,16H,3-12H2,1-2H3. The summed E-state index contributed by atoms with van der Waals surface area (Å²) in [5.74, 6) is 0.939. The van der Waals surface area contributed by atoms with Gasteiger partial charge in [0.05, 0.1) is 0 Å². The van der Waals surface area contributed by atoms with Crippen molar-refractivity contribution in [2.24, 2.45) is 11.3 Å². The molecule has 3 atom stereocenters. The molecule has 0 aromatic heterocycles. The Hall–Kier alpha value is -0.120. The topological polar surface area (TPSA) is 18.5 Å². The molecule has 3 fully saturated rings. The molecule has 3 unspecified atom stereocenters. The maximum Gasteiger partial charge on any atom is 0.0120 e. The van der Waals surface area contributed by atoms with Crippen LogP contribution in [0.4, 0.5) is 0 Å². The number of likely N-dealkylation sites (tertiary alicyclic amines) is 1. The van der Waals surface area contributed by atoms with Gasteiger partial charge >= 0.3 is 0 Å². The molecule has 0 aromatic rings. The van der Waals surface area contributed by atoms with Crippen LogP contribution in [0.15, 0.2) is 0 Å². The first-order chi connectivity index (χ1) is 8.65. The Morgan fingerprint density at radius 1 is 1.11 bits per heavy atom. The molecular weight excluding hydrogens is 222 g/mol. The average molecular weight is 251 g/mol. The van der Waals surface area contributed by atoms with Crippen LogP contribution in [0.1, 0.15) is 32.6 Å². The van der Waals surface area contributed by atoms with Gasteiger partial charge in [-0.25, -0.2) is 0 Å². The Bertz CT molecular complexity index is 283. The number of piperidine rings is 2. The molecule has 1 N–H and O–H groups in total. The summed E-state index contributed by atoms with van der Waals surface area (Å²) in [5, 5.41) is 3.93. The Morgan fingerprint density at radius 2 is 1.83 bits per heavy atom. The van der Waals surface area contributed by atoms with E-state index in [0.29, 0.717) is 5.41 Å². The third-order valence-electron chi connectivity index (χ3n) is 5.62. The maximum absolute atomic E-state index is 3.93. The third kappa shape index (κ3) is 2.73. The molecule has 0 aliphatic carbocycles. The van der Waals surface area contributed by atoms with Gasteiger partial charge in [-0.05, 0) is 70.2 Å². The van der Waals surface area contributed by atoms with E-state index in [9.17, 15) is 0 Å². The van der Waals surface area contributed by atoms with E-state index >= 15 is 0 Å². The molecule has 0 radical (unpaired) electrons. The minimum atomic E-state index is 0.544. The summed E-state index contributed by atoms with van der Waals surface area (Å²) in [6.07, 6.45) is 5.53. The summed E-state index contributed by atoms with van der Waals surface area (Å²) < 4.78 is 0. The fourth-order valence-corrected chi connectivity index (χ4v) is 3.93. The van der Waals surface area contributed by atoms with Crippen LogP contribution in [0, 0.1) is 11.3 Å². The number of rotatable bonds is 3. The SMILES string of the molecule is CN1CCC(C)(CNC2CCN3CCC2C3)CC1. The van der Waals surface area contributed by atoms with Crippen LogP contribution in [0.25, 0.3) is 0 Å². The molecule has 3 heteroatoms. The smallest absolute Gasteiger partial charge is 0.0120 e. The van der Waals surface area contributed by atoms with Crippen molar-refractivity contribution in [2.75, 3.05) is 46.3 Å². The molecular formula is C15H29N3. The molecule has 3 aliphatic rings. The number of nitrogens with one attached hydrogen (secondary N) is 1. The lowest BCUT2D eigenvalue weighted by Gasteiger charge is -2.40. The quantitative estimate of drug-likeness (QED) is 0.818. The zero-order valence-electron chi connectivity index (χ0n) is 12.1. The first-order valence-corrected chi connectivity index (χ1v) is 7.79. The zero-order chi connectivity index (χ0) is 12.6. The predicted molar refractivity (Wildman–Crippen MR) is 75.8 cm³/mol. The molecule has 3 nitrogen and oxygen atoms in total. The Kier molecular flexibility index (Phi) is 3.65. The Balaban J connectivity index is 1.48. The molecule has 3 heterocycles. The van der Waals surface area contributed by atoms with E-state index in [1.807, 2.05) is 0 Å². The number of hydrogen-bond donors (Lipinski definition) is 1. The third-order valence-corrected chi connectivity index (χ3v) is 5.62. The van der Waals surface area contributed by atoms with Crippen LogP contribution in [0.3, 0.4) is 0 Å². The van der Waals surface area contributed by atoms with Crippen molar-refractivity contribution in [3.63, 3.8) is 0 Å². The van der Waals surface area contributed by atoms with E-state index < -0.39 is 0 Å². The van der Waals surface area contributed by atoms with Gasteiger partial charge in [0.2, 0.25) is 0 Å². The van der Waals surface area contributed by atoms with Crippen LogP contribution < -0.4 is 5.32 Å². The van der Waals surface area contributed by atoms with Crippen molar-refractivity contribution >= 4 is 0 Å². The predicted octanol–water partition coefficient (Wildman–Crippen LogP) is 1.40. The minimum Gasteiger partial charge on any atom is -0.313 e. The van der Waals surface area contributed by atoms with Crippen molar-refractivity contribution in [1.82, 2.24) is 15.1 Å². The lowest BCUT2D eigenvalue weighted by atomic mass is 9.80. The lowest BCUT2D eigenvalue weighted by molar-refractivity contribution is 0.123. The Morgan fingerprint density at radius 3 is 2.61 bits per heavy atom. The van der Waals surface area contributed by atoms with Crippen LogP contribution >= 0.6 is 0 Å². The highest BCUT2D eigenvalue weighted by Crippen LogP contribution is 2.32. The van der Waals surface area contributed by atoms with Crippen LogP contribution in [-0.2, 0) is 0 Å². The first kappa shape index (κ1) is 12.9. The molecule has 3 aliphatic heterocycles. The van der Waals surface area contributed by atoms with Gasteiger partial charge in [-0.1, -0.05) is 6.92 Å². The first-order valence-electron chi connectivity index (χ1n) is 7.79. The van der Waals surface area contributed by atoms with Gasteiger partial charge in [-0.3, -0.25) is 0 Å².